The second-order valence-electron chi connectivity index (χ2n) is 4.09. The summed E-state index contributed by atoms with van der Waals surface area (Å²) in [5.41, 5.74) is 0.992. The number of methoxy groups -OCH3 is 2. The smallest absolute Gasteiger partial charge is 0.337 e. The molecule has 0 fully saturated rings. The molecule has 0 bridgehead atoms. The number of fused-ring (bicyclic) bond motifs is 1. The third-order valence-electron chi connectivity index (χ3n) is 2.68. The Kier molecular flexibility index (Phi) is 3.50. The molecule has 0 saturated carbocycles. The molecular formula is C13H14N2O4. The van der Waals surface area contributed by atoms with E-state index >= 15 is 0 Å². The Morgan fingerprint density at radius 2 is 2.05 bits per heavy atom. The van der Waals surface area contributed by atoms with Gasteiger partial charge in [-0.15, -0.1) is 0 Å². The minimum absolute atomic E-state index is 0.0284. The van der Waals surface area contributed by atoms with Gasteiger partial charge in [-0.3, -0.25) is 4.79 Å². The number of Topliss-reactive ketones (excluding diaryl/α,β-unsaturated/α-hetero) is 1. The summed E-state index contributed by atoms with van der Waals surface area (Å²) < 4.78 is 11.4. The summed E-state index contributed by atoms with van der Waals surface area (Å²) in [6.07, 6.45) is 0. The molecule has 0 aliphatic heterocycles. The molecule has 0 amide bonds. The van der Waals surface area contributed by atoms with Gasteiger partial charge < -0.3 is 9.47 Å². The maximum absolute atomic E-state index is 11.5. The molecule has 2 rings (SSSR count). The van der Waals surface area contributed by atoms with Crippen molar-refractivity contribution in [2.24, 2.45) is 0 Å². The zero-order chi connectivity index (χ0) is 14.0. The standard InChI is InChI=1S/C13H14N2O4/c1-8(16)7-15-12(18-2)10-5-4-9(13(17)19-3)6-11(10)14-15/h4-6H,7H2,1-3H3. The molecule has 6 nitrogen and oxygen atoms in total. The Morgan fingerprint density at radius 3 is 2.63 bits per heavy atom. The van der Waals surface area contributed by atoms with E-state index in [9.17, 15) is 9.59 Å². The van der Waals surface area contributed by atoms with Gasteiger partial charge in [0.1, 0.15) is 6.54 Å². The largest absolute Gasteiger partial charge is 0.481 e. The Morgan fingerprint density at radius 1 is 1.32 bits per heavy atom. The van der Waals surface area contributed by atoms with Crippen molar-refractivity contribution in [3.63, 3.8) is 0 Å². The molecule has 1 aromatic carbocycles. The van der Waals surface area contributed by atoms with Crippen molar-refractivity contribution in [3.05, 3.63) is 23.8 Å². The number of carbonyl (C=O) groups is 2. The molecule has 2 aromatic rings. The number of aromatic nitrogens is 2. The van der Waals surface area contributed by atoms with Crippen LogP contribution in [0.2, 0.25) is 0 Å². The van der Waals surface area contributed by atoms with Crippen LogP contribution in [0.4, 0.5) is 0 Å². The fraction of sp³-hybridized carbons (Fsp3) is 0.308. The van der Waals surface area contributed by atoms with Gasteiger partial charge in [0.2, 0.25) is 5.88 Å². The van der Waals surface area contributed by atoms with Gasteiger partial charge in [0, 0.05) is 0 Å². The van der Waals surface area contributed by atoms with E-state index in [1.54, 1.807) is 18.2 Å². The van der Waals surface area contributed by atoms with Crippen molar-refractivity contribution in [3.8, 4) is 5.88 Å². The summed E-state index contributed by atoms with van der Waals surface area (Å²) in [5, 5.41) is 5.01. The third-order valence-corrected chi connectivity index (χ3v) is 2.68. The summed E-state index contributed by atoms with van der Waals surface area (Å²) in [6, 6.07) is 4.97. The first kappa shape index (κ1) is 13.1. The summed E-state index contributed by atoms with van der Waals surface area (Å²) in [7, 11) is 2.84. The van der Waals surface area contributed by atoms with Gasteiger partial charge in [0.25, 0.3) is 0 Å². The molecule has 0 aliphatic rings. The zero-order valence-corrected chi connectivity index (χ0v) is 11.0. The molecule has 0 spiro atoms. The van der Waals surface area contributed by atoms with Crippen LogP contribution < -0.4 is 4.74 Å². The number of carbonyl (C=O) groups excluding carboxylic acids is 2. The van der Waals surface area contributed by atoms with E-state index in [-0.39, 0.29) is 12.3 Å². The summed E-state index contributed by atoms with van der Waals surface area (Å²) in [6.45, 7) is 1.61. The van der Waals surface area contributed by atoms with E-state index < -0.39 is 5.97 Å². The van der Waals surface area contributed by atoms with Gasteiger partial charge >= 0.3 is 5.97 Å². The van der Waals surface area contributed by atoms with E-state index in [0.717, 1.165) is 5.39 Å². The van der Waals surface area contributed by atoms with Crippen molar-refractivity contribution < 1.29 is 19.1 Å². The molecule has 1 heterocycles. The lowest BCUT2D eigenvalue weighted by Gasteiger charge is -2.03. The summed E-state index contributed by atoms with van der Waals surface area (Å²) in [4.78, 5) is 22.6. The highest BCUT2D eigenvalue weighted by atomic mass is 16.5. The van der Waals surface area contributed by atoms with Gasteiger partial charge in [0.05, 0.1) is 30.7 Å². The van der Waals surface area contributed by atoms with E-state index in [1.165, 1.54) is 25.8 Å². The van der Waals surface area contributed by atoms with Crippen molar-refractivity contribution >= 4 is 22.7 Å². The predicted octanol–water partition coefficient (Wildman–Crippen LogP) is 1.42. The average Bonchev–Trinajstić information content (AvgIpc) is 2.72. The number of ether oxygens (including phenoxy) is 2. The fourth-order valence-corrected chi connectivity index (χ4v) is 1.89. The average molecular weight is 262 g/mol. The first-order chi connectivity index (χ1) is 9.06. The molecule has 0 aliphatic carbocycles. The van der Waals surface area contributed by atoms with Crippen LogP contribution in [-0.4, -0.2) is 35.8 Å². The molecule has 0 radical (unpaired) electrons. The molecule has 0 unspecified atom stereocenters. The SMILES string of the molecule is COC(=O)c1ccc2c(OC)n(CC(C)=O)nc2c1. The number of esters is 1. The van der Waals surface area contributed by atoms with Gasteiger partial charge in [-0.25, -0.2) is 9.48 Å². The molecule has 19 heavy (non-hydrogen) atoms. The molecule has 0 atom stereocenters. The number of hydrogen-bond donors (Lipinski definition) is 0. The topological polar surface area (TPSA) is 70.4 Å². The number of ketones is 1. The molecule has 1 aromatic heterocycles. The van der Waals surface area contributed by atoms with Crippen LogP contribution >= 0.6 is 0 Å². The fourth-order valence-electron chi connectivity index (χ4n) is 1.89. The van der Waals surface area contributed by atoms with Crippen molar-refractivity contribution in [1.29, 1.82) is 0 Å². The minimum Gasteiger partial charge on any atom is -0.481 e. The monoisotopic (exact) mass is 262 g/mol. The van der Waals surface area contributed by atoms with E-state index in [1.807, 2.05) is 0 Å². The molecule has 100 valence electrons. The number of nitrogens with zero attached hydrogens (tertiary/aromatic N) is 2. The highest BCUT2D eigenvalue weighted by molar-refractivity contribution is 5.95. The quantitative estimate of drug-likeness (QED) is 0.779. The van der Waals surface area contributed by atoms with Crippen LogP contribution in [0.5, 0.6) is 5.88 Å². The second-order valence-corrected chi connectivity index (χ2v) is 4.09. The zero-order valence-electron chi connectivity index (χ0n) is 11.0. The van der Waals surface area contributed by atoms with Crippen molar-refractivity contribution in [2.45, 2.75) is 13.5 Å². The Hall–Kier alpha value is -2.37. The third kappa shape index (κ3) is 2.42. The summed E-state index contributed by atoms with van der Waals surface area (Å²) in [5.74, 6) is 0.0444. The first-order valence-corrected chi connectivity index (χ1v) is 5.69. The van der Waals surface area contributed by atoms with Gasteiger partial charge in [-0.05, 0) is 25.1 Å². The van der Waals surface area contributed by atoms with E-state index in [2.05, 4.69) is 9.84 Å². The van der Waals surface area contributed by atoms with Crippen molar-refractivity contribution in [2.75, 3.05) is 14.2 Å². The second kappa shape index (κ2) is 5.09. The Labute approximate surface area is 109 Å². The minimum atomic E-state index is -0.429. The van der Waals surface area contributed by atoms with Crippen LogP contribution in [0.1, 0.15) is 17.3 Å². The predicted molar refractivity (Wildman–Crippen MR) is 68.3 cm³/mol. The molecule has 0 N–H and O–H groups in total. The van der Waals surface area contributed by atoms with Gasteiger partial charge in [0.15, 0.2) is 5.78 Å². The van der Waals surface area contributed by atoms with Crippen LogP contribution in [0.3, 0.4) is 0 Å². The first-order valence-electron chi connectivity index (χ1n) is 5.69. The van der Waals surface area contributed by atoms with Crippen LogP contribution in [0.15, 0.2) is 18.2 Å². The maximum atomic E-state index is 11.5. The molecule has 6 heteroatoms. The normalized spacial score (nSPS) is 10.5. The number of benzene rings is 1. The highest BCUT2D eigenvalue weighted by Crippen LogP contribution is 2.26. The maximum Gasteiger partial charge on any atom is 0.337 e. The van der Waals surface area contributed by atoms with Crippen LogP contribution in [-0.2, 0) is 16.1 Å². The van der Waals surface area contributed by atoms with Crippen LogP contribution in [0.25, 0.3) is 10.9 Å². The number of hydrogen-bond acceptors (Lipinski definition) is 5. The van der Waals surface area contributed by atoms with Gasteiger partial charge in [-0.2, -0.15) is 5.10 Å². The Bertz CT molecular complexity index is 645. The lowest BCUT2D eigenvalue weighted by atomic mass is 10.1. The molecular weight excluding hydrogens is 248 g/mol. The van der Waals surface area contributed by atoms with E-state index in [0.29, 0.717) is 17.0 Å². The Balaban J connectivity index is 2.55. The lowest BCUT2D eigenvalue weighted by Crippen LogP contribution is -2.09. The molecule has 0 saturated heterocycles. The van der Waals surface area contributed by atoms with Gasteiger partial charge in [-0.1, -0.05) is 0 Å². The lowest BCUT2D eigenvalue weighted by molar-refractivity contribution is -0.117. The van der Waals surface area contributed by atoms with E-state index in [4.69, 9.17) is 4.74 Å². The van der Waals surface area contributed by atoms with Crippen molar-refractivity contribution in [1.82, 2.24) is 9.78 Å². The highest BCUT2D eigenvalue weighted by Gasteiger charge is 2.15. The summed E-state index contributed by atoms with van der Waals surface area (Å²) >= 11 is 0. The van der Waals surface area contributed by atoms with Crippen LogP contribution in [0, 0.1) is 0 Å². The number of rotatable bonds is 4.